The van der Waals surface area contributed by atoms with Gasteiger partial charge in [0.05, 0.1) is 16.2 Å². The topological polar surface area (TPSA) is 77.4 Å². The second-order valence-electron chi connectivity index (χ2n) is 7.57. The minimum Gasteiger partial charge on any atom is -0.748 e. The van der Waals surface area contributed by atoms with Crippen molar-refractivity contribution in [1.29, 1.82) is 0 Å². The molecule has 0 aliphatic heterocycles. The quantitative estimate of drug-likeness (QED) is 0.218. The van der Waals surface area contributed by atoms with Crippen LogP contribution >= 0.6 is 0 Å². The number of unbranched alkanes of at least 4 members (excludes halogenated alkanes) is 11. The second kappa shape index (κ2) is 19.2. The third-order valence-electron chi connectivity index (χ3n) is 5.03. The number of aliphatic hydroxyl groups is 1. The first-order valence-electron chi connectivity index (χ1n) is 10.5. The van der Waals surface area contributed by atoms with Gasteiger partial charge in [0.15, 0.2) is 0 Å². The average molecular weight is 401 g/mol. The Balaban J connectivity index is 0. The van der Waals surface area contributed by atoms with Gasteiger partial charge in [-0.1, -0.05) is 84.0 Å². The van der Waals surface area contributed by atoms with E-state index >= 15 is 0 Å². The zero-order valence-electron chi connectivity index (χ0n) is 17.5. The van der Waals surface area contributed by atoms with E-state index in [1.807, 2.05) is 0 Å². The molecule has 0 bridgehead atoms. The van der Waals surface area contributed by atoms with Gasteiger partial charge in [-0.3, -0.25) is 0 Å². The van der Waals surface area contributed by atoms with E-state index in [4.69, 9.17) is 0 Å². The normalized spacial score (nSPS) is 14.0. The Labute approximate surface area is 185 Å². The van der Waals surface area contributed by atoms with Crippen LogP contribution in [0.5, 0.6) is 0 Å². The molecule has 0 aliphatic carbocycles. The molecule has 0 aromatic heterocycles. The van der Waals surface area contributed by atoms with E-state index in [0.29, 0.717) is 19.3 Å². The van der Waals surface area contributed by atoms with E-state index in [0.717, 1.165) is 12.8 Å². The van der Waals surface area contributed by atoms with E-state index in [1.54, 1.807) is 0 Å². The summed E-state index contributed by atoms with van der Waals surface area (Å²) in [6, 6.07) is 0. The van der Waals surface area contributed by atoms with Gasteiger partial charge < -0.3 is 9.66 Å². The molecule has 0 spiro atoms. The molecule has 6 heteroatoms. The van der Waals surface area contributed by atoms with E-state index in [2.05, 4.69) is 6.92 Å². The molecule has 0 aromatic carbocycles. The van der Waals surface area contributed by atoms with Crippen LogP contribution in [-0.2, 0) is 10.1 Å². The van der Waals surface area contributed by atoms with Crippen LogP contribution in [0.1, 0.15) is 117 Å². The van der Waals surface area contributed by atoms with Crippen LogP contribution in [0.3, 0.4) is 0 Å². The van der Waals surface area contributed by atoms with Crippen LogP contribution in [-0.4, -0.2) is 29.4 Å². The summed E-state index contributed by atoms with van der Waals surface area (Å²) < 4.78 is 32.4. The molecule has 0 radical (unpaired) electrons. The van der Waals surface area contributed by atoms with Gasteiger partial charge in [-0.05, 0) is 32.6 Å². The Morgan fingerprint density at radius 3 is 1.54 bits per heavy atom. The summed E-state index contributed by atoms with van der Waals surface area (Å²) in [5.41, 5.74) is 0. The molecular formula is C20H41NaO4S. The van der Waals surface area contributed by atoms with Gasteiger partial charge >= 0.3 is 29.6 Å². The van der Waals surface area contributed by atoms with Crippen molar-refractivity contribution in [1.82, 2.24) is 0 Å². The Morgan fingerprint density at radius 1 is 0.731 bits per heavy atom. The van der Waals surface area contributed by atoms with Crippen molar-refractivity contribution in [2.75, 3.05) is 0 Å². The number of hydrogen-bond acceptors (Lipinski definition) is 4. The third kappa shape index (κ3) is 19.6. The predicted molar refractivity (Wildman–Crippen MR) is 105 cm³/mol. The molecule has 0 aromatic rings. The van der Waals surface area contributed by atoms with Gasteiger partial charge in [0.1, 0.15) is 0 Å². The zero-order chi connectivity index (χ0) is 19.0. The van der Waals surface area contributed by atoms with E-state index in [1.165, 1.54) is 77.6 Å². The number of rotatable bonds is 18. The van der Waals surface area contributed by atoms with Crippen molar-refractivity contribution in [2.24, 2.45) is 0 Å². The monoisotopic (exact) mass is 400 g/mol. The first kappa shape index (κ1) is 29.1. The SMILES string of the molecule is CCCCCCCCCCCCCCC(O)CCCC(C)S(=O)(=O)[O-].[Na+]. The molecule has 0 rings (SSSR count). The van der Waals surface area contributed by atoms with E-state index < -0.39 is 15.4 Å². The maximum atomic E-state index is 10.8. The molecule has 152 valence electrons. The Hall–Kier alpha value is 0.870. The molecule has 0 saturated carbocycles. The molecule has 0 aliphatic rings. The Kier molecular flexibility index (Phi) is 21.5. The summed E-state index contributed by atoms with van der Waals surface area (Å²) in [6.45, 7) is 3.70. The van der Waals surface area contributed by atoms with Crippen molar-refractivity contribution < 1.29 is 47.6 Å². The molecule has 26 heavy (non-hydrogen) atoms. The van der Waals surface area contributed by atoms with Crippen molar-refractivity contribution in [2.45, 2.75) is 128 Å². The molecule has 0 heterocycles. The van der Waals surface area contributed by atoms with Crippen molar-refractivity contribution in [3.63, 3.8) is 0 Å². The molecule has 2 unspecified atom stereocenters. The van der Waals surface area contributed by atoms with E-state index in [-0.39, 0.29) is 35.7 Å². The molecule has 4 nitrogen and oxygen atoms in total. The summed E-state index contributed by atoms with van der Waals surface area (Å²) >= 11 is 0. The maximum Gasteiger partial charge on any atom is 1.00 e. The molecule has 0 fully saturated rings. The van der Waals surface area contributed by atoms with Crippen LogP contribution in [0.25, 0.3) is 0 Å². The van der Waals surface area contributed by atoms with Gasteiger partial charge in [-0.15, -0.1) is 0 Å². The first-order chi connectivity index (χ1) is 11.9. The van der Waals surface area contributed by atoms with Gasteiger partial charge in [-0.2, -0.15) is 0 Å². The summed E-state index contributed by atoms with van der Waals surface area (Å²) in [7, 11) is -4.17. The summed E-state index contributed by atoms with van der Waals surface area (Å²) in [6.07, 6.45) is 17.6. The molecule has 0 amide bonds. The first-order valence-corrected chi connectivity index (χ1v) is 12.0. The van der Waals surface area contributed by atoms with Gasteiger partial charge in [0.2, 0.25) is 0 Å². The maximum absolute atomic E-state index is 10.8. The average Bonchev–Trinajstić information content (AvgIpc) is 2.55. The fourth-order valence-electron chi connectivity index (χ4n) is 3.15. The fourth-order valence-corrected chi connectivity index (χ4v) is 3.61. The van der Waals surface area contributed by atoms with Crippen LogP contribution in [0, 0.1) is 0 Å². The van der Waals surface area contributed by atoms with Crippen molar-refractivity contribution in [3.8, 4) is 0 Å². The molecule has 2 atom stereocenters. The van der Waals surface area contributed by atoms with Crippen LogP contribution in [0.15, 0.2) is 0 Å². The van der Waals surface area contributed by atoms with Gasteiger partial charge in [0.25, 0.3) is 0 Å². The van der Waals surface area contributed by atoms with E-state index in [9.17, 15) is 18.1 Å². The largest absolute Gasteiger partial charge is 1.00 e. The second-order valence-corrected chi connectivity index (χ2v) is 9.36. The van der Waals surface area contributed by atoms with Crippen molar-refractivity contribution in [3.05, 3.63) is 0 Å². The van der Waals surface area contributed by atoms with Crippen molar-refractivity contribution >= 4 is 10.1 Å². The summed E-state index contributed by atoms with van der Waals surface area (Å²) in [5.74, 6) is 0. The van der Waals surface area contributed by atoms with Crippen LogP contribution in [0.4, 0.5) is 0 Å². The summed E-state index contributed by atoms with van der Waals surface area (Å²) in [5, 5.41) is 9.06. The smallest absolute Gasteiger partial charge is 0.748 e. The Morgan fingerprint density at radius 2 is 1.12 bits per heavy atom. The minimum atomic E-state index is -4.17. The molecule has 0 saturated heterocycles. The molecular weight excluding hydrogens is 359 g/mol. The van der Waals surface area contributed by atoms with Crippen LogP contribution < -0.4 is 29.6 Å². The molecule has 1 N–H and O–H groups in total. The third-order valence-corrected chi connectivity index (χ3v) is 6.25. The predicted octanol–water partition coefficient (Wildman–Crippen LogP) is 2.55. The number of aliphatic hydroxyl groups excluding tert-OH is 1. The zero-order valence-corrected chi connectivity index (χ0v) is 20.4. The Bertz CT molecular complexity index is 387. The number of hydrogen-bond donors (Lipinski definition) is 1. The standard InChI is InChI=1S/C20H42O4S.Na/c1-3-4-5-6-7-8-9-10-11-12-13-14-17-20(21)18-15-16-19(2)25(22,23)24;/h19-21H,3-18H2,1-2H3,(H,22,23,24);/q;+1/p-1. The van der Waals surface area contributed by atoms with Gasteiger partial charge in [-0.25, -0.2) is 8.42 Å². The van der Waals surface area contributed by atoms with Crippen LogP contribution in [0.2, 0.25) is 0 Å². The fraction of sp³-hybridized carbons (Fsp3) is 1.00. The van der Waals surface area contributed by atoms with Gasteiger partial charge in [0, 0.05) is 5.25 Å². The summed E-state index contributed by atoms with van der Waals surface area (Å²) in [4.78, 5) is 0. The minimum absolute atomic E-state index is 0.